The molecule has 2 aliphatic rings. The van der Waals surface area contributed by atoms with Crippen LogP contribution in [0.4, 0.5) is 0 Å². The van der Waals surface area contributed by atoms with Crippen molar-refractivity contribution in [2.75, 3.05) is 13.2 Å². The van der Waals surface area contributed by atoms with Gasteiger partial charge in [0.05, 0.1) is 13.2 Å². The predicted molar refractivity (Wildman–Crippen MR) is 93.4 cm³/mol. The number of carbonyl (C=O) groups is 2. The molecule has 24 heavy (non-hydrogen) atoms. The fraction of sp³-hybridized carbons (Fsp3) is 0.800. The van der Waals surface area contributed by atoms with Gasteiger partial charge in [0.25, 0.3) is 0 Å². The molecule has 1 unspecified atom stereocenters. The minimum atomic E-state index is -0.139. The second kappa shape index (κ2) is 11.3. The van der Waals surface area contributed by atoms with E-state index in [0.29, 0.717) is 50.7 Å². The Kier molecular flexibility index (Phi) is 8.93. The molecular formula is C20H32O4. The van der Waals surface area contributed by atoms with E-state index in [1.807, 2.05) is 0 Å². The maximum absolute atomic E-state index is 11.7. The lowest BCUT2D eigenvalue weighted by atomic mass is 9.90. The minimum absolute atomic E-state index is 0.122. The van der Waals surface area contributed by atoms with Gasteiger partial charge < -0.3 is 9.47 Å². The van der Waals surface area contributed by atoms with Gasteiger partial charge in [-0.3, -0.25) is 9.59 Å². The molecule has 0 aromatic carbocycles. The van der Waals surface area contributed by atoms with Gasteiger partial charge in [-0.2, -0.15) is 0 Å². The Balaban J connectivity index is 1.44. The number of ether oxygens (including phenoxy) is 2. The first kappa shape index (κ1) is 19.0. The Bertz CT molecular complexity index is 410. The summed E-state index contributed by atoms with van der Waals surface area (Å²) in [5, 5.41) is 0. The lowest BCUT2D eigenvalue weighted by Crippen LogP contribution is -2.17. The average Bonchev–Trinajstić information content (AvgIpc) is 2.63. The first-order valence-electron chi connectivity index (χ1n) is 9.70. The van der Waals surface area contributed by atoms with Crippen LogP contribution in [0.15, 0.2) is 12.2 Å². The smallest absolute Gasteiger partial charge is 0.305 e. The second-order valence-electron chi connectivity index (χ2n) is 7.23. The van der Waals surface area contributed by atoms with Gasteiger partial charge in [0.2, 0.25) is 0 Å². The number of hydrogen-bond donors (Lipinski definition) is 0. The largest absolute Gasteiger partial charge is 0.465 e. The van der Waals surface area contributed by atoms with Crippen LogP contribution in [0.2, 0.25) is 0 Å². The van der Waals surface area contributed by atoms with Crippen molar-refractivity contribution in [2.24, 2.45) is 11.8 Å². The van der Waals surface area contributed by atoms with Crippen molar-refractivity contribution in [1.29, 1.82) is 0 Å². The van der Waals surface area contributed by atoms with E-state index in [-0.39, 0.29) is 11.9 Å². The van der Waals surface area contributed by atoms with Gasteiger partial charge in [-0.25, -0.2) is 0 Å². The summed E-state index contributed by atoms with van der Waals surface area (Å²) in [7, 11) is 0. The van der Waals surface area contributed by atoms with Crippen molar-refractivity contribution in [2.45, 2.75) is 77.0 Å². The highest BCUT2D eigenvalue weighted by Crippen LogP contribution is 2.24. The Hall–Kier alpha value is -1.32. The van der Waals surface area contributed by atoms with E-state index in [1.165, 1.54) is 32.1 Å². The molecule has 0 aromatic heterocycles. The quantitative estimate of drug-likeness (QED) is 0.351. The Morgan fingerprint density at radius 1 is 0.792 bits per heavy atom. The van der Waals surface area contributed by atoms with E-state index < -0.39 is 0 Å². The molecule has 0 aromatic rings. The molecule has 1 fully saturated rings. The van der Waals surface area contributed by atoms with E-state index in [2.05, 4.69) is 12.2 Å². The van der Waals surface area contributed by atoms with Crippen LogP contribution in [0.3, 0.4) is 0 Å². The molecule has 0 radical (unpaired) electrons. The van der Waals surface area contributed by atoms with Crippen molar-refractivity contribution in [1.82, 2.24) is 0 Å². The number of esters is 2. The Labute approximate surface area is 146 Å². The third-order valence-electron chi connectivity index (χ3n) is 5.07. The van der Waals surface area contributed by atoms with Crippen LogP contribution >= 0.6 is 0 Å². The molecule has 0 saturated heterocycles. The van der Waals surface area contributed by atoms with Crippen molar-refractivity contribution in [3.8, 4) is 0 Å². The highest BCUT2D eigenvalue weighted by molar-refractivity contribution is 5.70. The lowest BCUT2D eigenvalue weighted by molar-refractivity contribution is -0.147. The summed E-state index contributed by atoms with van der Waals surface area (Å²) in [5.41, 5.74) is 0. The number of unbranched alkanes of at least 4 members (excludes halogenated alkanes) is 1. The topological polar surface area (TPSA) is 52.6 Å². The van der Waals surface area contributed by atoms with Gasteiger partial charge in [-0.05, 0) is 56.8 Å². The molecule has 4 heteroatoms. The molecule has 0 spiro atoms. The molecule has 0 N–H and O–H groups in total. The summed E-state index contributed by atoms with van der Waals surface area (Å²) in [6.07, 6.45) is 16.0. The summed E-state index contributed by atoms with van der Waals surface area (Å²) in [6.45, 7) is 1.11. The highest BCUT2D eigenvalue weighted by Gasteiger charge is 2.16. The van der Waals surface area contributed by atoms with Crippen LogP contribution < -0.4 is 0 Å². The van der Waals surface area contributed by atoms with E-state index in [0.717, 1.165) is 19.3 Å². The maximum atomic E-state index is 11.7. The van der Waals surface area contributed by atoms with Crippen LogP contribution in [0.1, 0.15) is 77.0 Å². The minimum Gasteiger partial charge on any atom is -0.465 e. The van der Waals surface area contributed by atoms with Gasteiger partial charge in [0.15, 0.2) is 0 Å². The summed E-state index contributed by atoms with van der Waals surface area (Å²) in [5.74, 6) is 0.782. The molecule has 0 amide bonds. The third-order valence-corrected chi connectivity index (χ3v) is 5.07. The summed E-state index contributed by atoms with van der Waals surface area (Å²) in [6, 6.07) is 0. The van der Waals surface area contributed by atoms with Gasteiger partial charge in [0, 0.05) is 12.8 Å². The van der Waals surface area contributed by atoms with E-state index >= 15 is 0 Å². The molecule has 1 atom stereocenters. The molecule has 4 nitrogen and oxygen atoms in total. The summed E-state index contributed by atoms with van der Waals surface area (Å²) >= 11 is 0. The fourth-order valence-electron chi connectivity index (χ4n) is 3.47. The molecular weight excluding hydrogens is 304 g/mol. The van der Waals surface area contributed by atoms with Crippen LogP contribution in [0.25, 0.3) is 0 Å². The zero-order valence-corrected chi connectivity index (χ0v) is 14.8. The molecule has 0 bridgehead atoms. The summed E-state index contributed by atoms with van der Waals surface area (Å²) in [4.78, 5) is 23.4. The molecule has 0 heterocycles. The van der Waals surface area contributed by atoms with Gasteiger partial charge in [-0.1, -0.05) is 31.4 Å². The first-order valence-corrected chi connectivity index (χ1v) is 9.70. The first-order chi connectivity index (χ1) is 11.7. The van der Waals surface area contributed by atoms with Crippen molar-refractivity contribution >= 4 is 11.9 Å². The van der Waals surface area contributed by atoms with Crippen LogP contribution in [-0.2, 0) is 19.1 Å². The van der Waals surface area contributed by atoms with Gasteiger partial charge in [0.1, 0.15) is 0 Å². The Morgan fingerprint density at radius 3 is 2.00 bits per heavy atom. The van der Waals surface area contributed by atoms with Crippen molar-refractivity contribution in [3.63, 3.8) is 0 Å². The Morgan fingerprint density at radius 2 is 1.42 bits per heavy atom. The zero-order chi connectivity index (χ0) is 17.0. The molecule has 2 aliphatic carbocycles. The third kappa shape index (κ3) is 7.98. The van der Waals surface area contributed by atoms with Gasteiger partial charge >= 0.3 is 11.9 Å². The summed E-state index contributed by atoms with van der Waals surface area (Å²) < 4.78 is 10.7. The number of carbonyl (C=O) groups excluding carboxylic acids is 2. The average molecular weight is 336 g/mol. The molecule has 1 saturated carbocycles. The lowest BCUT2D eigenvalue weighted by Gasteiger charge is -2.21. The predicted octanol–water partition coefficient (Wildman–Crippen LogP) is 4.57. The standard InChI is InChI=1S/C20H32O4/c21-19(23-15-17-9-3-1-4-10-17)13-7-8-14-20(22)24-16-18-11-5-2-6-12-18/h1,3,17-18H,2,4-16H2. The fourth-order valence-corrected chi connectivity index (χ4v) is 3.47. The van der Waals surface area contributed by atoms with E-state index in [4.69, 9.17) is 9.47 Å². The van der Waals surface area contributed by atoms with Crippen LogP contribution in [-0.4, -0.2) is 25.2 Å². The SMILES string of the molecule is O=C(CCCCC(=O)OCC1CCCCC1)OCC1CC=CCC1. The molecule has 2 rings (SSSR count). The van der Waals surface area contributed by atoms with E-state index in [1.54, 1.807) is 0 Å². The maximum Gasteiger partial charge on any atom is 0.305 e. The van der Waals surface area contributed by atoms with Gasteiger partial charge in [-0.15, -0.1) is 0 Å². The molecule has 0 aliphatic heterocycles. The monoisotopic (exact) mass is 336 g/mol. The van der Waals surface area contributed by atoms with Crippen LogP contribution in [0, 0.1) is 11.8 Å². The zero-order valence-electron chi connectivity index (χ0n) is 14.8. The van der Waals surface area contributed by atoms with E-state index in [9.17, 15) is 9.59 Å². The van der Waals surface area contributed by atoms with Crippen molar-refractivity contribution in [3.05, 3.63) is 12.2 Å². The number of allylic oxidation sites excluding steroid dienone is 2. The number of rotatable bonds is 9. The van der Waals surface area contributed by atoms with Crippen LogP contribution in [0.5, 0.6) is 0 Å². The number of hydrogen-bond acceptors (Lipinski definition) is 4. The highest BCUT2D eigenvalue weighted by atomic mass is 16.5. The normalized spacial score (nSPS) is 21.4. The molecule has 136 valence electrons. The second-order valence-corrected chi connectivity index (χ2v) is 7.23. The van der Waals surface area contributed by atoms with Crippen molar-refractivity contribution < 1.29 is 19.1 Å².